The predicted octanol–water partition coefficient (Wildman–Crippen LogP) is -0.389. The highest BCUT2D eigenvalue weighted by Gasteiger charge is 2.00. The van der Waals surface area contributed by atoms with E-state index in [2.05, 4.69) is 11.6 Å². The molecule has 0 amide bonds. The summed E-state index contributed by atoms with van der Waals surface area (Å²) in [7, 11) is 0. The van der Waals surface area contributed by atoms with Crippen molar-refractivity contribution in [2.24, 2.45) is 0 Å². The Kier molecular flexibility index (Phi) is 0.823. The summed E-state index contributed by atoms with van der Waals surface area (Å²) >= 11 is 0. The summed E-state index contributed by atoms with van der Waals surface area (Å²) in [6, 6.07) is 0. The van der Waals surface area contributed by atoms with Crippen LogP contribution in [0.25, 0.3) is 0 Å². The van der Waals surface area contributed by atoms with E-state index in [9.17, 15) is 0 Å². The monoisotopic (exact) mass is 94.1 g/mol. The first-order valence-electron chi connectivity index (χ1n) is 2.26. The molecule has 0 aromatic rings. The van der Waals surface area contributed by atoms with Crippen molar-refractivity contribution in [1.29, 1.82) is 0 Å². The van der Waals surface area contributed by atoms with Gasteiger partial charge in [0.15, 0.2) is 11.9 Å². The smallest absolute Gasteiger partial charge is 0.196 e. The van der Waals surface area contributed by atoms with Gasteiger partial charge in [-0.1, -0.05) is 0 Å². The Morgan fingerprint density at radius 3 is 2.57 bits per heavy atom. The molecule has 0 spiro atoms. The minimum atomic E-state index is 0.984. The van der Waals surface area contributed by atoms with Crippen LogP contribution in [0, 0.1) is 0 Å². The van der Waals surface area contributed by atoms with Gasteiger partial charge >= 0.3 is 0 Å². The van der Waals surface area contributed by atoms with Crippen molar-refractivity contribution in [2.45, 2.75) is 6.92 Å². The van der Waals surface area contributed by atoms with Gasteiger partial charge in [-0.25, -0.2) is 4.99 Å². The number of rotatable bonds is 0. The van der Waals surface area contributed by atoms with E-state index in [0.29, 0.717) is 0 Å². The van der Waals surface area contributed by atoms with Crippen molar-refractivity contribution in [3.8, 4) is 0 Å². The molecule has 1 heterocycles. The fourth-order valence-corrected chi connectivity index (χ4v) is 0.565. The van der Waals surface area contributed by atoms with Crippen LogP contribution in [-0.4, -0.2) is 6.21 Å². The molecule has 0 aromatic carbocycles. The number of allylic oxidation sites excluding steroid dienone is 2. The van der Waals surface area contributed by atoms with Gasteiger partial charge in [-0.15, -0.1) is 0 Å². The minimum absolute atomic E-state index is 0.984. The van der Waals surface area contributed by atoms with E-state index in [-0.39, 0.29) is 0 Å². The molecule has 1 heteroatoms. The Labute approximate surface area is 43.1 Å². The molecule has 0 radical (unpaired) electrons. The molecule has 0 unspecified atom stereocenters. The second-order valence-electron chi connectivity index (χ2n) is 1.70. The second-order valence-corrected chi connectivity index (χ2v) is 1.70. The SMILES string of the molecule is C=C1C=C(C)C=[NH+]1. The van der Waals surface area contributed by atoms with Gasteiger partial charge in [-0.05, 0) is 13.5 Å². The Balaban J connectivity index is 2.88. The predicted molar refractivity (Wildman–Crippen MR) is 29.9 cm³/mol. The first-order chi connectivity index (χ1) is 3.29. The van der Waals surface area contributed by atoms with E-state index in [1.54, 1.807) is 0 Å². The van der Waals surface area contributed by atoms with Crippen molar-refractivity contribution in [3.05, 3.63) is 23.9 Å². The maximum atomic E-state index is 3.69. The van der Waals surface area contributed by atoms with Crippen LogP contribution in [0.15, 0.2) is 23.9 Å². The van der Waals surface area contributed by atoms with E-state index in [1.165, 1.54) is 5.57 Å². The maximum absolute atomic E-state index is 3.69. The van der Waals surface area contributed by atoms with Gasteiger partial charge < -0.3 is 0 Å². The molecule has 1 N–H and O–H groups in total. The molecule has 0 atom stereocenters. The lowest BCUT2D eigenvalue weighted by Gasteiger charge is -1.66. The van der Waals surface area contributed by atoms with E-state index in [1.807, 2.05) is 19.2 Å². The fraction of sp³-hybridized carbons (Fsp3) is 0.167. The van der Waals surface area contributed by atoms with E-state index < -0.39 is 0 Å². The Bertz CT molecular complexity index is 152. The summed E-state index contributed by atoms with van der Waals surface area (Å²) in [4.78, 5) is 2.96. The van der Waals surface area contributed by atoms with Crippen LogP contribution in [-0.2, 0) is 0 Å². The molecule has 0 aliphatic carbocycles. The molecule has 1 aliphatic rings. The number of nitrogens with one attached hydrogen (secondary N) is 1. The zero-order valence-electron chi connectivity index (χ0n) is 4.36. The molecule has 36 valence electrons. The van der Waals surface area contributed by atoms with Crippen molar-refractivity contribution >= 4 is 6.21 Å². The molecule has 0 aromatic heterocycles. The molecule has 1 nitrogen and oxygen atoms in total. The van der Waals surface area contributed by atoms with Gasteiger partial charge in [-0.3, -0.25) is 0 Å². The van der Waals surface area contributed by atoms with Crippen LogP contribution < -0.4 is 4.99 Å². The largest absolute Gasteiger partial charge is 0.212 e. The van der Waals surface area contributed by atoms with Gasteiger partial charge in [0, 0.05) is 11.6 Å². The summed E-state index contributed by atoms with van der Waals surface area (Å²) in [6.07, 6.45) is 3.93. The molecule has 0 bridgehead atoms. The first kappa shape index (κ1) is 4.31. The second kappa shape index (κ2) is 1.34. The van der Waals surface area contributed by atoms with E-state index in [0.717, 1.165) is 5.70 Å². The fourth-order valence-electron chi connectivity index (χ4n) is 0.565. The van der Waals surface area contributed by atoms with Crippen LogP contribution in [0.5, 0.6) is 0 Å². The van der Waals surface area contributed by atoms with Crippen LogP contribution in [0.3, 0.4) is 0 Å². The van der Waals surface area contributed by atoms with Crippen LogP contribution >= 0.6 is 0 Å². The summed E-state index contributed by atoms with van der Waals surface area (Å²) in [5.74, 6) is 0. The summed E-state index contributed by atoms with van der Waals surface area (Å²) in [5.41, 5.74) is 2.22. The Morgan fingerprint density at radius 1 is 1.71 bits per heavy atom. The number of hydrogen-bond acceptors (Lipinski definition) is 0. The molecule has 1 rings (SSSR count). The topological polar surface area (TPSA) is 14.0 Å². The number of hydrogen-bond donors (Lipinski definition) is 1. The highest BCUT2D eigenvalue weighted by Crippen LogP contribution is 1.90. The standard InChI is InChI=1S/C6H7N/c1-5-3-6(2)7-4-5/h3-4H,2H2,1H3/p+1. The van der Waals surface area contributed by atoms with E-state index in [4.69, 9.17) is 0 Å². The summed E-state index contributed by atoms with van der Waals surface area (Å²) in [6.45, 7) is 5.72. The molecule has 7 heavy (non-hydrogen) atoms. The lowest BCUT2D eigenvalue weighted by Crippen LogP contribution is -2.63. The third kappa shape index (κ3) is 0.769. The zero-order valence-corrected chi connectivity index (χ0v) is 4.36. The zero-order chi connectivity index (χ0) is 5.28. The Morgan fingerprint density at radius 2 is 2.43 bits per heavy atom. The van der Waals surface area contributed by atoms with Gasteiger partial charge in [0.1, 0.15) is 0 Å². The third-order valence-corrected chi connectivity index (χ3v) is 0.887. The average molecular weight is 94.1 g/mol. The van der Waals surface area contributed by atoms with Gasteiger partial charge in [-0.2, -0.15) is 0 Å². The molecule has 0 saturated heterocycles. The van der Waals surface area contributed by atoms with Crippen LogP contribution in [0.1, 0.15) is 6.92 Å². The third-order valence-electron chi connectivity index (χ3n) is 0.887. The van der Waals surface area contributed by atoms with Gasteiger partial charge in [0.2, 0.25) is 0 Å². The minimum Gasteiger partial charge on any atom is -0.212 e. The molecular formula is C6H8N+. The first-order valence-corrected chi connectivity index (χ1v) is 2.26. The molecular weight excluding hydrogens is 86.1 g/mol. The van der Waals surface area contributed by atoms with Crippen LogP contribution in [0.2, 0.25) is 0 Å². The molecule has 0 fully saturated rings. The Hall–Kier alpha value is -0.850. The van der Waals surface area contributed by atoms with E-state index >= 15 is 0 Å². The highest BCUT2D eigenvalue weighted by molar-refractivity contribution is 5.75. The van der Waals surface area contributed by atoms with Crippen molar-refractivity contribution < 1.29 is 4.99 Å². The van der Waals surface area contributed by atoms with Crippen molar-refractivity contribution in [3.63, 3.8) is 0 Å². The lowest BCUT2D eigenvalue weighted by molar-refractivity contribution is -0.380. The molecule has 1 aliphatic heterocycles. The molecule has 0 saturated carbocycles. The summed E-state index contributed by atoms with van der Waals surface area (Å²) < 4.78 is 0. The summed E-state index contributed by atoms with van der Waals surface area (Å²) in [5, 5.41) is 0. The van der Waals surface area contributed by atoms with Crippen molar-refractivity contribution in [2.75, 3.05) is 0 Å². The van der Waals surface area contributed by atoms with Crippen LogP contribution in [0.4, 0.5) is 0 Å². The normalized spacial score (nSPS) is 17.9. The van der Waals surface area contributed by atoms with Gasteiger partial charge in [0.25, 0.3) is 0 Å². The van der Waals surface area contributed by atoms with Gasteiger partial charge in [0.05, 0.1) is 0 Å². The van der Waals surface area contributed by atoms with Crippen molar-refractivity contribution in [1.82, 2.24) is 0 Å². The quantitative estimate of drug-likeness (QED) is 0.420. The average Bonchev–Trinajstić information content (AvgIpc) is 1.87. The highest BCUT2D eigenvalue weighted by atomic mass is 14.7. The maximum Gasteiger partial charge on any atom is 0.196 e. The lowest BCUT2D eigenvalue weighted by atomic mass is 10.3.